The van der Waals surface area contributed by atoms with E-state index in [2.05, 4.69) is 57.1 Å². The molecule has 0 amide bonds. The van der Waals surface area contributed by atoms with Gasteiger partial charge in [0.05, 0.1) is 12.1 Å². The van der Waals surface area contributed by atoms with Gasteiger partial charge in [0.2, 0.25) is 0 Å². The summed E-state index contributed by atoms with van der Waals surface area (Å²) >= 11 is 1.82. The van der Waals surface area contributed by atoms with Gasteiger partial charge >= 0.3 is 0 Å². The third-order valence-electron chi connectivity index (χ3n) is 5.00. The smallest absolute Gasteiger partial charge is 0.191 e. The standard InChI is InChI=1S/C21H30N4OS.HI/c1-16-6-7-19(26-3)17(15-16)8-11-23-21(22-2)24-18-9-12-25(13-10-18)20-5-4-14-27-20;/h4-7,14-15,18H,8-13H2,1-3H3,(H2,22,23,24);1H. The average Bonchev–Trinajstić information content (AvgIpc) is 3.23. The van der Waals surface area contributed by atoms with Gasteiger partial charge in [-0.15, -0.1) is 35.3 Å². The highest BCUT2D eigenvalue weighted by molar-refractivity contribution is 14.0. The Labute approximate surface area is 189 Å². The minimum Gasteiger partial charge on any atom is -0.496 e. The lowest BCUT2D eigenvalue weighted by atomic mass is 10.1. The van der Waals surface area contributed by atoms with Gasteiger partial charge in [-0.05, 0) is 55.3 Å². The largest absolute Gasteiger partial charge is 0.496 e. The number of piperidine rings is 1. The number of aliphatic imine (C=N–C) groups is 1. The summed E-state index contributed by atoms with van der Waals surface area (Å²) in [5.74, 6) is 1.84. The number of hydrogen-bond acceptors (Lipinski definition) is 4. The van der Waals surface area contributed by atoms with Crippen molar-refractivity contribution in [2.24, 2.45) is 4.99 Å². The maximum Gasteiger partial charge on any atom is 0.191 e. The molecule has 0 spiro atoms. The normalized spacial score (nSPS) is 15.1. The van der Waals surface area contributed by atoms with Crippen LogP contribution in [-0.4, -0.2) is 45.8 Å². The Bertz CT molecular complexity index is 743. The SMILES string of the molecule is CN=C(NCCc1cc(C)ccc1OC)NC1CCN(c2cccs2)CC1.I. The molecule has 1 aromatic carbocycles. The van der Waals surface area contributed by atoms with E-state index in [0.29, 0.717) is 6.04 Å². The van der Waals surface area contributed by atoms with E-state index in [1.807, 2.05) is 24.5 Å². The monoisotopic (exact) mass is 514 g/mol. The summed E-state index contributed by atoms with van der Waals surface area (Å²) in [6.45, 7) is 5.12. The lowest BCUT2D eigenvalue weighted by molar-refractivity contribution is 0.409. The van der Waals surface area contributed by atoms with Crippen LogP contribution < -0.4 is 20.3 Å². The number of ether oxygens (including phenoxy) is 1. The first-order valence-electron chi connectivity index (χ1n) is 9.58. The fourth-order valence-corrected chi connectivity index (χ4v) is 4.29. The molecule has 1 aromatic heterocycles. The molecule has 0 unspecified atom stereocenters. The Morgan fingerprint density at radius 2 is 2.07 bits per heavy atom. The number of anilines is 1. The van der Waals surface area contributed by atoms with Gasteiger partial charge in [0.15, 0.2) is 5.96 Å². The molecule has 1 aliphatic heterocycles. The molecule has 154 valence electrons. The average molecular weight is 514 g/mol. The highest BCUT2D eigenvalue weighted by atomic mass is 127. The molecule has 1 aliphatic rings. The number of hydrogen-bond donors (Lipinski definition) is 2. The first-order chi connectivity index (χ1) is 13.2. The summed E-state index contributed by atoms with van der Waals surface area (Å²) < 4.78 is 5.47. The molecule has 0 bridgehead atoms. The fraction of sp³-hybridized carbons (Fsp3) is 0.476. The lowest BCUT2D eigenvalue weighted by Gasteiger charge is -2.33. The summed E-state index contributed by atoms with van der Waals surface area (Å²) in [7, 11) is 3.56. The van der Waals surface area contributed by atoms with Gasteiger partial charge in [0.1, 0.15) is 5.75 Å². The van der Waals surface area contributed by atoms with Crippen LogP contribution in [0.2, 0.25) is 0 Å². The first-order valence-corrected chi connectivity index (χ1v) is 10.5. The van der Waals surface area contributed by atoms with Gasteiger partial charge in [-0.2, -0.15) is 0 Å². The number of thiophene rings is 1. The lowest BCUT2D eigenvalue weighted by Crippen LogP contribution is -2.49. The van der Waals surface area contributed by atoms with Gasteiger partial charge in [-0.1, -0.05) is 17.7 Å². The Morgan fingerprint density at radius 3 is 2.71 bits per heavy atom. The van der Waals surface area contributed by atoms with Gasteiger partial charge in [-0.3, -0.25) is 4.99 Å². The number of rotatable bonds is 6. The van der Waals surface area contributed by atoms with Gasteiger partial charge < -0.3 is 20.3 Å². The molecule has 3 rings (SSSR count). The zero-order valence-electron chi connectivity index (χ0n) is 16.9. The number of nitrogens with zero attached hydrogens (tertiary/aromatic N) is 2. The van der Waals surface area contributed by atoms with Crippen molar-refractivity contribution in [3.63, 3.8) is 0 Å². The van der Waals surface area contributed by atoms with Gasteiger partial charge in [-0.25, -0.2) is 0 Å². The van der Waals surface area contributed by atoms with E-state index in [1.165, 1.54) is 16.1 Å². The van der Waals surface area contributed by atoms with Crippen molar-refractivity contribution in [1.82, 2.24) is 10.6 Å². The van der Waals surface area contributed by atoms with E-state index >= 15 is 0 Å². The predicted octanol–water partition coefficient (Wildman–Crippen LogP) is 4.06. The Hall–Kier alpha value is -1.48. The predicted molar refractivity (Wildman–Crippen MR) is 131 cm³/mol. The molecular formula is C21H31IN4OS. The number of nitrogens with one attached hydrogen (secondary N) is 2. The van der Waals surface area contributed by atoms with Crippen LogP contribution in [-0.2, 0) is 6.42 Å². The second kappa shape index (κ2) is 11.5. The summed E-state index contributed by atoms with van der Waals surface area (Å²) in [6, 6.07) is 11.1. The fourth-order valence-electron chi connectivity index (χ4n) is 3.50. The molecular weight excluding hydrogens is 483 g/mol. The van der Waals surface area contributed by atoms with Crippen molar-refractivity contribution in [3.05, 3.63) is 46.8 Å². The van der Waals surface area contributed by atoms with Crippen LogP contribution >= 0.6 is 35.3 Å². The molecule has 0 atom stereocenters. The van der Waals surface area contributed by atoms with Crippen LogP contribution in [0.3, 0.4) is 0 Å². The second-order valence-corrected chi connectivity index (χ2v) is 7.85. The summed E-state index contributed by atoms with van der Waals surface area (Å²) in [5.41, 5.74) is 2.48. The number of methoxy groups -OCH3 is 1. The Balaban J connectivity index is 0.00000280. The van der Waals surface area contributed by atoms with Gasteiger partial charge in [0, 0.05) is 32.7 Å². The van der Waals surface area contributed by atoms with Crippen molar-refractivity contribution in [2.45, 2.75) is 32.2 Å². The van der Waals surface area contributed by atoms with Gasteiger partial charge in [0.25, 0.3) is 0 Å². The number of aryl methyl sites for hydroxylation is 1. The summed E-state index contributed by atoms with van der Waals surface area (Å²) in [5, 5.41) is 10.6. The first kappa shape index (κ1) is 22.8. The minimum atomic E-state index is 0. The van der Waals surface area contributed by atoms with Crippen LogP contribution in [0.4, 0.5) is 5.00 Å². The summed E-state index contributed by atoms with van der Waals surface area (Å²) in [4.78, 5) is 6.87. The maximum atomic E-state index is 5.47. The van der Waals surface area contributed by atoms with E-state index in [4.69, 9.17) is 4.74 Å². The quantitative estimate of drug-likeness (QED) is 0.347. The van der Waals surface area contributed by atoms with Crippen LogP contribution in [0.15, 0.2) is 40.7 Å². The van der Waals surface area contributed by atoms with Crippen molar-refractivity contribution >= 4 is 46.3 Å². The summed E-state index contributed by atoms with van der Waals surface area (Å²) in [6.07, 6.45) is 3.16. The maximum absolute atomic E-state index is 5.47. The number of guanidine groups is 1. The Morgan fingerprint density at radius 1 is 1.29 bits per heavy atom. The number of benzene rings is 1. The van der Waals surface area contributed by atoms with E-state index in [1.54, 1.807) is 7.11 Å². The zero-order valence-corrected chi connectivity index (χ0v) is 20.1. The molecule has 28 heavy (non-hydrogen) atoms. The molecule has 1 fully saturated rings. The van der Waals surface area contributed by atoms with E-state index in [-0.39, 0.29) is 24.0 Å². The third-order valence-corrected chi connectivity index (χ3v) is 5.93. The van der Waals surface area contributed by atoms with E-state index in [9.17, 15) is 0 Å². The van der Waals surface area contributed by atoms with Crippen molar-refractivity contribution in [2.75, 3.05) is 38.7 Å². The third kappa shape index (κ3) is 6.27. The van der Waals surface area contributed by atoms with E-state index in [0.717, 1.165) is 50.6 Å². The van der Waals surface area contributed by atoms with Crippen molar-refractivity contribution < 1.29 is 4.74 Å². The molecule has 5 nitrogen and oxygen atoms in total. The minimum absolute atomic E-state index is 0. The molecule has 2 heterocycles. The molecule has 2 aromatic rings. The molecule has 0 aliphatic carbocycles. The second-order valence-electron chi connectivity index (χ2n) is 6.92. The highest BCUT2D eigenvalue weighted by Gasteiger charge is 2.20. The molecule has 1 saturated heterocycles. The van der Waals surface area contributed by atoms with Crippen LogP contribution in [0.5, 0.6) is 5.75 Å². The molecule has 7 heteroatoms. The number of halogens is 1. The van der Waals surface area contributed by atoms with Crippen molar-refractivity contribution in [3.8, 4) is 5.75 Å². The van der Waals surface area contributed by atoms with Crippen LogP contribution in [0.1, 0.15) is 24.0 Å². The van der Waals surface area contributed by atoms with Crippen LogP contribution in [0, 0.1) is 6.92 Å². The van der Waals surface area contributed by atoms with E-state index < -0.39 is 0 Å². The van der Waals surface area contributed by atoms with Crippen molar-refractivity contribution in [1.29, 1.82) is 0 Å². The molecule has 0 radical (unpaired) electrons. The zero-order chi connectivity index (χ0) is 19.1. The molecule has 2 N–H and O–H groups in total. The Kier molecular flexibility index (Phi) is 9.37. The van der Waals surface area contributed by atoms with Crippen LogP contribution in [0.25, 0.3) is 0 Å². The molecule has 0 saturated carbocycles. The topological polar surface area (TPSA) is 48.9 Å². The highest BCUT2D eigenvalue weighted by Crippen LogP contribution is 2.24.